The Morgan fingerprint density at radius 2 is 1.92 bits per heavy atom. The Hall–Kier alpha value is 0.480. The molecule has 0 heterocycles. The number of hydrogen-bond acceptors (Lipinski definition) is 0. The number of halogens is 1. The molecule has 0 aromatic carbocycles. The Kier molecular flexibility index (Phi) is 6.10. The highest BCUT2D eigenvalue weighted by Gasteiger charge is 2.23. The molecule has 0 aromatic rings. The zero-order valence-corrected chi connectivity index (χ0v) is 10.5. The predicted octanol–water partition coefficient (Wildman–Crippen LogP) is 4.77. The summed E-state index contributed by atoms with van der Waals surface area (Å²) in [6, 6.07) is 0. The number of unbranched alkanes of at least 4 members (excludes halogenated alkanes) is 2. The van der Waals surface area contributed by atoms with Gasteiger partial charge in [-0.25, -0.2) is 0 Å². The van der Waals surface area contributed by atoms with Crippen molar-refractivity contribution >= 4 is 15.9 Å². The van der Waals surface area contributed by atoms with Crippen molar-refractivity contribution in [2.75, 3.05) is 5.33 Å². The maximum Gasteiger partial charge on any atom is 0.00623 e. The summed E-state index contributed by atoms with van der Waals surface area (Å²) in [5.41, 5.74) is 0. The van der Waals surface area contributed by atoms with Crippen LogP contribution in [0.4, 0.5) is 0 Å². The molecule has 1 heteroatoms. The first-order valence-corrected chi connectivity index (χ1v) is 7.06. The third kappa shape index (κ3) is 4.01. The fourth-order valence-electron chi connectivity index (χ4n) is 2.52. The van der Waals surface area contributed by atoms with Gasteiger partial charge in [0.1, 0.15) is 0 Å². The van der Waals surface area contributed by atoms with Crippen molar-refractivity contribution < 1.29 is 0 Å². The van der Waals surface area contributed by atoms with Crippen molar-refractivity contribution in [2.45, 2.75) is 58.3 Å². The average molecular weight is 247 g/mol. The van der Waals surface area contributed by atoms with Crippen LogP contribution in [0.5, 0.6) is 0 Å². The first kappa shape index (κ1) is 11.6. The summed E-state index contributed by atoms with van der Waals surface area (Å²) in [6.07, 6.45) is 11.7. The molecular weight excluding hydrogens is 224 g/mol. The molecule has 1 fully saturated rings. The molecule has 1 saturated carbocycles. The smallest absolute Gasteiger partial charge is 0.00623 e. The molecule has 78 valence electrons. The van der Waals surface area contributed by atoms with Crippen LogP contribution in [-0.2, 0) is 0 Å². The summed E-state index contributed by atoms with van der Waals surface area (Å²) in [4.78, 5) is 0. The van der Waals surface area contributed by atoms with Crippen molar-refractivity contribution in [3.8, 4) is 0 Å². The summed E-state index contributed by atoms with van der Waals surface area (Å²) in [7, 11) is 0. The van der Waals surface area contributed by atoms with Crippen molar-refractivity contribution in [3.63, 3.8) is 0 Å². The maximum atomic E-state index is 3.68. The molecule has 0 N–H and O–H groups in total. The Morgan fingerprint density at radius 1 is 1.23 bits per heavy atom. The molecule has 13 heavy (non-hydrogen) atoms. The summed E-state index contributed by atoms with van der Waals surface area (Å²) >= 11 is 3.68. The highest BCUT2D eigenvalue weighted by Crippen LogP contribution is 2.34. The molecule has 0 spiro atoms. The van der Waals surface area contributed by atoms with Crippen LogP contribution in [0.3, 0.4) is 0 Å². The van der Waals surface area contributed by atoms with Gasteiger partial charge in [0, 0.05) is 5.33 Å². The van der Waals surface area contributed by atoms with Crippen LogP contribution in [0.25, 0.3) is 0 Å². The molecular formula is C12H23Br. The van der Waals surface area contributed by atoms with E-state index in [0.717, 1.165) is 11.8 Å². The number of rotatable bonds is 6. The van der Waals surface area contributed by atoms with Gasteiger partial charge in [0.05, 0.1) is 0 Å². The van der Waals surface area contributed by atoms with Crippen LogP contribution in [0.15, 0.2) is 0 Å². The van der Waals surface area contributed by atoms with E-state index in [0.29, 0.717) is 0 Å². The van der Waals surface area contributed by atoms with Gasteiger partial charge in [-0.15, -0.1) is 0 Å². The predicted molar refractivity (Wildman–Crippen MR) is 63.4 cm³/mol. The van der Waals surface area contributed by atoms with Crippen molar-refractivity contribution in [2.24, 2.45) is 11.8 Å². The molecule has 0 radical (unpaired) electrons. The van der Waals surface area contributed by atoms with Crippen molar-refractivity contribution in [3.05, 3.63) is 0 Å². The van der Waals surface area contributed by atoms with E-state index in [2.05, 4.69) is 22.9 Å². The molecule has 0 aromatic heterocycles. The standard InChI is InChI=1S/C12H23Br/c1-2-3-4-9-12(10-13)11-7-5-6-8-11/h11-12H,2-10H2,1H3. The van der Waals surface area contributed by atoms with Crippen LogP contribution in [0.1, 0.15) is 58.3 Å². The van der Waals surface area contributed by atoms with E-state index in [9.17, 15) is 0 Å². The molecule has 0 aliphatic heterocycles. The number of alkyl halides is 1. The van der Waals surface area contributed by atoms with Gasteiger partial charge in [-0.3, -0.25) is 0 Å². The largest absolute Gasteiger partial charge is 0.0925 e. The molecule has 0 saturated heterocycles. The van der Waals surface area contributed by atoms with Gasteiger partial charge in [0.25, 0.3) is 0 Å². The summed E-state index contributed by atoms with van der Waals surface area (Å²) in [6.45, 7) is 2.29. The second-order valence-electron chi connectivity index (χ2n) is 4.45. The Labute approximate surface area is 91.6 Å². The van der Waals surface area contributed by atoms with E-state index >= 15 is 0 Å². The third-order valence-corrected chi connectivity index (χ3v) is 4.27. The quantitative estimate of drug-likeness (QED) is 0.468. The third-order valence-electron chi connectivity index (χ3n) is 3.44. The Morgan fingerprint density at radius 3 is 2.46 bits per heavy atom. The molecule has 1 aliphatic rings. The topological polar surface area (TPSA) is 0 Å². The Balaban J connectivity index is 2.16. The molecule has 0 nitrogen and oxygen atoms in total. The van der Waals surface area contributed by atoms with Crippen LogP contribution in [-0.4, -0.2) is 5.33 Å². The lowest BCUT2D eigenvalue weighted by atomic mass is 9.88. The highest BCUT2D eigenvalue weighted by molar-refractivity contribution is 9.09. The van der Waals surface area contributed by atoms with E-state index in [1.54, 1.807) is 0 Å². The van der Waals surface area contributed by atoms with Crippen molar-refractivity contribution in [1.29, 1.82) is 0 Å². The van der Waals surface area contributed by atoms with E-state index in [1.165, 1.54) is 56.7 Å². The SMILES string of the molecule is CCCCCC(CBr)C1CCCC1. The zero-order valence-electron chi connectivity index (χ0n) is 8.90. The minimum absolute atomic E-state index is 0.981. The molecule has 1 aliphatic carbocycles. The van der Waals surface area contributed by atoms with Crippen LogP contribution < -0.4 is 0 Å². The van der Waals surface area contributed by atoms with Gasteiger partial charge in [-0.1, -0.05) is 67.8 Å². The van der Waals surface area contributed by atoms with Crippen LogP contribution >= 0.6 is 15.9 Å². The van der Waals surface area contributed by atoms with E-state index in [1.807, 2.05) is 0 Å². The minimum atomic E-state index is 0.981. The van der Waals surface area contributed by atoms with Gasteiger partial charge < -0.3 is 0 Å². The lowest BCUT2D eigenvalue weighted by Gasteiger charge is -2.20. The van der Waals surface area contributed by atoms with E-state index < -0.39 is 0 Å². The molecule has 0 bridgehead atoms. The van der Waals surface area contributed by atoms with Gasteiger partial charge in [-0.2, -0.15) is 0 Å². The molecule has 1 atom stereocenters. The van der Waals surface area contributed by atoms with E-state index in [-0.39, 0.29) is 0 Å². The Bertz CT molecular complexity index is 116. The summed E-state index contributed by atoms with van der Waals surface area (Å²) in [5.74, 6) is 2.03. The van der Waals surface area contributed by atoms with E-state index in [4.69, 9.17) is 0 Å². The highest BCUT2D eigenvalue weighted by atomic mass is 79.9. The normalized spacial score (nSPS) is 20.8. The van der Waals surface area contributed by atoms with Gasteiger partial charge >= 0.3 is 0 Å². The zero-order chi connectivity index (χ0) is 9.52. The average Bonchev–Trinajstić information content (AvgIpc) is 2.65. The minimum Gasteiger partial charge on any atom is -0.0925 e. The summed E-state index contributed by atoms with van der Waals surface area (Å²) in [5, 5.41) is 1.24. The second kappa shape index (κ2) is 6.86. The fourth-order valence-corrected chi connectivity index (χ4v) is 3.38. The van der Waals surface area contributed by atoms with Gasteiger partial charge in [-0.05, 0) is 18.3 Å². The van der Waals surface area contributed by atoms with Crippen LogP contribution in [0, 0.1) is 11.8 Å². The first-order chi connectivity index (χ1) is 6.38. The van der Waals surface area contributed by atoms with Gasteiger partial charge in [0.15, 0.2) is 0 Å². The second-order valence-corrected chi connectivity index (χ2v) is 5.10. The monoisotopic (exact) mass is 246 g/mol. The molecule has 0 amide bonds. The lowest BCUT2D eigenvalue weighted by molar-refractivity contribution is 0.342. The maximum absolute atomic E-state index is 3.68. The first-order valence-electron chi connectivity index (χ1n) is 5.94. The molecule has 1 rings (SSSR count). The van der Waals surface area contributed by atoms with Crippen molar-refractivity contribution in [1.82, 2.24) is 0 Å². The fraction of sp³-hybridized carbons (Fsp3) is 1.00. The van der Waals surface area contributed by atoms with Crippen LogP contribution in [0.2, 0.25) is 0 Å². The molecule has 1 unspecified atom stereocenters. The van der Waals surface area contributed by atoms with Gasteiger partial charge in [0.2, 0.25) is 0 Å². The summed E-state index contributed by atoms with van der Waals surface area (Å²) < 4.78 is 0. The number of hydrogen-bond donors (Lipinski definition) is 0. The lowest BCUT2D eigenvalue weighted by Crippen LogP contribution is -2.13.